The highest BCUT2D eigenvalue weighted by atomic mass is 35.5. The smallest absolute Gasteiger partial charge is 0.340 e. The Balaban J connectivity index is 1.66. The number of halogens is 10. The molecule has 282 valence electrons. The molecule has 0 amide bonds. The summed E-state index contributed by atoms with van der Waals surface area (Å²) in [5.41, 5.74) is -5.14. The van der Waals surface area contributed by atoms with Crippen LogP contribution in [0, 0.1) is 0 Å². The van der Waals surface area contributed by atoms with Gasteiger partial charge in [0.05, 0.1) is 55.0 Å². The normalized spacial score (nSPS) is 12.1. The molecule has 4 aromatic carbocycles. The quantitative estimate of drug-likeness (QED) is 0.103. The van der Waals surface area contributed by atoms with E-state index in [1.165, 1.54) is 60.7 Å². The van der Waals surface area contributed by atoms with Crippen LogP contribution in [0.25, 0.3) is 11.4 Å². The molecule has 6 rings (SSSR count). The number of benzene rings is 4. The number of nitrogens with one attached hydrogen (secondary N) is 4. The highest BCUT2D eigenvalue weighted by Gasteiger charge is 2.37. The van der Waals surface area contributed by atoms with E-state index >= 15 is 0 Å². The second-order valence-electron chi connectivity index (χ2n) is 12.0. The fourth-order valence-corrected chi connectivity index (χ4v) is 6.80. The number of nitrogens with zero attached hydrogens (tertiary/aromatic N) is 2. The number of hydrogen-bond acceptors (Lipinski definition) is 4. The Bertz CT molecular complexity index is 2300. The number of anilines is 4. The van der Waals surface area contributed by atoms with Crippen molar-refractivity contribution in [2.24, 2.45) is 0 Å². The maximum atomic E-state index is 14.6. The molecule has 2 aromatic heterocycles. The molecule has 54 heavy (non-hydrogen) atoms. The molecule has 0 unspecified atom stereocenters. The van der Waals surface area contributed by atoms with E-state index < -0.39 is 51.9 Å². The van der Waals surface area contributed by atoms with Crippen LogP contribution in [0.2, 0.25) is 20.1 Å². The van der Waals surface area contributed by atoms with Crippen molar-refractivity contribution < 1.29 is 26.3 Å². The molecule has 0 spiro atoms. The molecule has 0 saturated carbocycles. The maximum absolute atomic E-state index is 14.6. The van der Waals surface area contributed by atoms with Crippen LogP contribution in [-0.4, -0.2) is 19.6 Å². The van der Waals surface area contributed by atoms with Crippen molar-refractivity contribution in [2.45, 2.75) is 38.0 Å². The highest BCUT2D eigenvalue weighted by Crippen LogP contribution is 2.41. The van der Waals surface area contributed by atoms with Crippen LogP contribution in [-0.2, 0) is 12.4 Å². The summed E-state index contributed by atoms with van der Waals surface area (Å²) in [5.74, 6) is -1.82. The molecule has 2 heterocycles. The molecule has 0 aliphatic rings. The lowest BCUT2D eigenvalue weighted by molar-refractivity contribution is -0.137. The van der Waals surface area contributed by atoms with Crippen molar-refractivity contribution in [1.29, 1.82) is 0 Å². The maximum Gasteiger partial charge on any atom is 0.418 e. The monoisotopic (exact) mass is 828 g/mol. The molecule has 0 atom stereocenters. The number of hydrogen-bond donors (Lipinski definition) is 4. The first kappa shape index (κ1) is 38.9. The lowest BCUT2D eigenvalue weighted by atomic mass is 9.89. The fourth-order valence-electron chi connectivity index (χ4n) is 6.06. The van der Waals surface area contributed by atoms with Gasteiger partial charge in [-0.1, -0.05) is 84.0 Å². The number of alkyl halides is 6. The number of rotatable bonds is 10. The molecule has 0 bridgehead atoms. The Morgan fingerprint density at radius 3 is 1.39 bits per heavy atom. The third kappa shape index (κ3) is 7.74. The molecule has 0 fully saturated rings. The van der Waals surface area contributed by atoms with Crippen molar-refractivity contribution in [3.8, 4) is 11.4 Å². The second kappa shape index (κ2) is 15.2. The summed E-state index contributed by atoms with van der Waals surface area (Å²) in [6.07, 6.45) is -9.36. The van der Waals surface area contributed by atoms with Gasteiger partial charge in [0, 0.05) is 16.0 Å². The van der Waals surface area contributed by atoms with Crippen LogP contribution in [0.15, 0.2) is 94.5 Å². The second-order valence-corrected chi connectivity index (χ2v) is 13.6. The topological polar surface area (TPSA) is 99.6 Å². The van der Waals surface area contributed by atoms with Crippen LogP contribution < -0.4 is 21.8 Å². The molecule has 0 aliphatic carbocycles. The van der Waals surface area contributed by atoms with Crippen molar-refractivity contribution in [3.05, 3.63) is 148 Å². The number of para-hydroxylation sites is 2. The van der Waals surface area contributed by atoms with Crippen molar-refractivity contribution in [2.75, 3.05) is 10.6 Å². The first-order chi connectivity index (χ1) is 25.5. The van der Waals surface area contributed by atoms with E-state index in [2.05, 4.69) is 20.8 Å². The largest absolute Gasteiger partial charge is 0.418 e. The third-order valence-corrected chi connectivity index (χ3v) is 9.52. The van der Waals surface area contributed by atoms with Crippen LogP contribution >= 0.6 is 46.4 Å². The Morgan fingerprint density at radius 1 is 0.630 bits per heavy atom. The average Bonchev–Trinajstić information content (AvgIpc) is 3.60. The van der Waals surface area contributed by atoms with Gasteiger partial charge in [-0.3, -0.25) is 19.8 Å². The van der Waals surface area contributed by atoms with Crippen LogP contribution in [0.5, 0.6) is 0 Å². The molecule has 0 radical (unpaired) electrons. The van der Waals surface area contributed by atoms with E-state index in [-0.39, 0.29) is 67.1 Å². The molecule has 8 nitrogen and oxygen atoms in total. The van der Waals surface area contributed by atoms with Crippen molar-refractivity contribution in [1.82, 2.24) is 19.6 Å². The molecule has 6 aromatic rings. The number of H-pyrrole nitrogens is 2. The average molecular weight is 830 g/mol. The Hall–Kier alpha value is -4.76. The highest BCUT2D eigenvalue weighted by molar-refractivity contribution is 6.35. The van der Waals surface area contributed by atoms with Gasteiger partial charge in [0.15, 0.2) is 0 Å². The van der Waals surface area contributed by atoms with Gasteiger partial charge in [-0.05, 0) is 67.1 Å². The van der Waals surface area contributed by atoms with E-state index in [9.17, 15) is 35.9 Å². The predicted octanol–water partition coefficient (Wildman–Crippen LogP) is 11.7. The standard InChI is InChI=1S/C36H26Cl4F6N6O2/c1-2-7-20(29-31(47-25-10-5-3-8-21(25)35(41,42)43)49-51(33(29)53)27-16-18(37)12-14-23(27)39)30-32(48-26-11-6-4-9-22(26)36(44,45)46)50-52(34(30)54)28-17-19(38)13-15-24(28)40/h3-6,8-17,20,47-50H,2,7H2,1H3. The van der Waals surface area contributed by atoms with Gasteiger partial charge in [-0.2, -0.15) is 26.3 Å². The fraction of sp³-hybridized carbons (Fsp3) is 0.167. The minimum atomic E-state index is -4.82. The van der Waals surface area contributed by atoms with Crippen LogP contribution in [0.4, 0.5) is 49.4 Å². The first-order valence-corrected chi connectivity index (χ1v) is 17.5. The van der Waals surface area contributed by atoms with Crippen molar-refractivity contribution in [3.63, 3.8) is 0 Å². The van der Waals surface area contributed by atoms with Gasteiger partial charge in [0.25, 0.3) is 11.1 Å². The Morgan fingerprint density at radius 2 is 1.02 bits per heavy atom. The Labute approximate surface area is 322 Å². The van der Waals surface area contributed by atoms with E-state index in [0.717, 1.165) is 33.6 Å². The zero-order valence-electron chi connectivity index (χ0n) is 27.6. The molecule has 0 aliphatic heterocycles. The molecule has 0 saturated heterocycles. The summed E-state index contributed by atoms with van der Waals surface area (Å²) in [6, 6.07) is 17.5. The van der Waals surface area contributed by atoms with E-state index in [1.807, 2.05) is 0 Å². The van der Waals surface area contributed by atoms with Crippen LogP contribution in [0.1, 0.15) is 47.9 Å². The summed E-state index contributed by atoms with van der Waals surface area (Å²) >= 11 is 25.4. The molecule has 18 heteroatoms. The molecular weight excluding hydrogens is 804 g/mol. The summed E-state index contributed by atoms with van der Waals surface area (Å²) in [5, 5.41) is 11.4. The summed E-state index contributed by atoms with van der Waals surface area (Å²) in [4.78, 5) is 29.2. The zero-order chi connectivity index (χ0) is 39.1. The van der Waals surface area contributed by atoms with Crippen molar-refractivity contribution >= 4 is 69.4 Å². The van der Waals surface area contributed by atoms with Gasteiger partial charge in [0.1, 0.15) is 11.6 Å². The number of aromatic amines is 2. The van der Waals surface area contributed by atoms with Gasteiger partial charge in [-0.15, -0.1) is 0 Å². The summed E-state index contributed by atoms with van der Waals surface area (Å²) in [6.45, 7) is 1.73. The zero-order valence-corrected chi connectivity index (χ0v) is 30.6. The summed E-state index contributed by atoms with van der Waals surface area (Å²) < 4.78 is 87.1. The van der Waals surface area contributed by atoms with Gasteiger partial charge in [-0.25, -0.2) is 9.36 Å². The van der Waals surface area contributed by atoms with Gasteiger partial charge < -0.3 is 10.6 Å². The van der Waals surface area contributed by atoms with Gasteiger partial charge >= 0.3 is 12.4 Å². The molecular formula is C36H26Cl4F6N6O2. The SMILES string of the molecule is CCCC(c1c(Nc2ccccc2C(F)(F)F)[nH]n(-c2cc(Cl)ccc2Cl)c1=O)c1c(Nc2ccccc2C(F)(F)F)[nH]n(-c2cc(Cl)ccc2Cl)c1=O. The van der Waals surface area contributed by atoms with Crippen LogP contribution in [0.3, 0.4) is 0 Å². The summed E-state index contributed by atoms with van der Waals surface area (Å²) in [7, 11) is 0. The third-order valence-electron chi connectivity index (χ3n) is 8.41. The van der Waals surface area contributed by atoms with E-state index in [4.69, 9.17) is 46.4 Å². The minimum Gasteiger partial charge on any atom is -0.340 e. The first-order valence-electron chi connectivity index (χ1n) is 16.0. The predicted molar refractivity (Wildman–Crippen MR) is 199 cm³/mol. The Kier molecular flexibility index (Phi) is 10.9. The van der Waals surface area contributed by atoms with Gasteiger partial charge in [0.2, 0.25) is 0 Å². The molecule has 4 N–H and O–H groups in total. The lowest BCUT2D eigenvalue weighted by Crippen LogP contribution is -2.25. The lowest BCUT2D eigenvalue weighted by Gasteiger charge is -2.19. The minimum absolute atomic E-state index is 0.00205. The number of aromatic nitrogens is 4. The van der Waals surface area contributed by atoms with E-state index in [0.29, 0.717) is 0 Å². The van der Waals surface area contributed by atoms with E-state index in [1.54, 1.807) is 6.92 Å².